The van der Waals surface area contributed by atoms with E-state index in [4.69, 9.17) is 0 Å². The van der Waals surface area contributed by atoms with Crippen LogP contribution in [0.2, 0.25) is 0 Å². The summed E-state index contributed by atoms with van der Waals surface area (Å²) < 4.78 is 106. The van der Waals surface area contributed by atoms with Crippen LogP contribution in [0.15, 0.2) is 23.0 Å². The fourth-order valence-electron chi connectivity index (χ4n) is 3.57. The number of alkyl halides is 8. The highest BCUT2D eigenvalue weighted by Gasteiger charge is 2.59. The number of aromatic amines is 1. The summed E-state index contributed by atoms with van der Waals surface area (Å²) in [5, 5.41) is -0.401. The third-order valence-electron chi connectivity index (χ3n) is 5.09. The molecule has 0 bridgehead atoms. The molecule has 28 heavy (non-hydrogen) atoms. The van der Waals surface area contributed by atoms with Gasteiger partial charge in [0.2, 0.25) is 5.56 Å². The zero-order valence-corrected chi connectivity index (χ0v) is 14.5. The van der Waals surface area contributed by atoms with Crippen molar-refractivity contribution >= 4 is 16.6 Å². The molecule has 0 aliphatic carbocycles. The standard InChI is InChI=1S/C17H14F8N2O/c1-7-8(2)27(6-15(18,19)17(23,24)25)11-4-3-10-14(13(7)11)9(16(20,21)22)5-12(28)26-10/h3-5,7-8H,6H2,1-2H3,(H,26,28). The smallest absolute Gasteiger partial charge is 0.362 e. The lowest BCUT2D eigenvalue weighted by atomic mass is 9.92. The van der Waals surface area contributed by atoms with Crippen molar-refractivity contribution in [2.45, 2.75) is 44.1 Å². The van der Waals surface area contributed by atoms with Crippen LogP contribution < -0.4 is 10.5 Å². The Morgan fingerprint density at radius 1 is 1.04 bits per heavy atom. The molecule has 0 saturated carbocycles. The first-order valence-electron chi connectivity index (χ1n) is 8.13. The van der Waals surface area contributed by atoms with Crippen LogP contribution in [-0.4, -0.2) is 29.7 Å². The van der Waals surface area contributed by atoms with Crippen molar-refractivity contribution in [1.82, 2.24) is 4.98 Å². The Hall–Kier alpha value is -2.33. The van der Waals surface area contributed by atoms with E-state index in [1.807, 2.05) is 0 Å². The molecule has 11 heteroatoms. The lowest BCUT2D eigenvalue weighted by Gasteiger charge is -2.31. The van der Waals surface area contributed by atoms with Gasteiger partial charge in [-0.3, -0.25) is 4.79 Å². The van der Waals surface area contributed by atoms with Gasteiger partial charge in [-0.2, -0.15) is 35.1 Å². The molecule has 1 aromatic carbocycles. The van der Waals surface area contributed by atoms with Crippen LogP contribution in [0.5, 0.6) is 0 Å². The lowest BCUT2D eigenvalue weighted by molar-refractivity contribution is -0.277. The van der Waals surface area contributed by atoms with Gasteiger partial charge in [-0.05, 0) is 24.6 Å². The van der Waals surface area contributed by atoms with Crippen molar-refractivity contribution < 1.29 is 35.1 Å². The van der Waals surface area contributed by atoms with E-state index in [-0.39, 0.29) is 16.8 Å². The van der Waals surface area contributed by atoms with E-state index in [9.17, 15) is 39.9 Å². The van der Waals surface area contributed by atoms with Crippen LogP contribution in [0.4, 0.5) is 40.8 Å². The topological polar surface area (TPSA) is 36.1 Å². The Morgan fingerprint density at radius 3 is 2.18 bits per heavy atom. The van der Waals surface area contributed by atoms with E-state index >= 15 is 0 Å². The fourth-order valence-corrected chi connectivity index (χ4v) is 3.57. The molecule has 0 fully saturated rings. The second-order valence-electron chi connectivity index (χ2n) is 6.83. The van der Waals surface area contributed by atoms with Gasteiger partial charge in [0.15, 0.2) is 0 Å². The number of halogens is 8. The highest BCUT2D eigenvalue weighted by atomic mass is 19.4. The monoisotopic (exact) mass is 414 g/mol. The summed E-state index contributed by atoms with van der Waals surface area (Å²) in [6.45, 7) is 1.09. The minimum atomic E-state index is -5.79. The fraction of sp³-hybridized carbons (Fsp3) is 0.471. The first-order chi connectivity index (χ1) is 12.6. The average Bonchev–Trinajstić information content (AvgIpc) is 2.76. The quantitative estimate of drug-likeness (QED) is 0.698. The van der Waals surface area contributed by atoms with E-state index in [2.05, 4.69) is 4.98 Å². The first-order valence-corrected chi connectivity index (χ1v) is 8.13. The summed E-state index contributed by atoms with van der Waals surface area (Å²) in [5.74, 6) is -5.83. The number of fused-ring (bicyclic) bond motifs is 3. The third-order valence-corrected chi connectivity index (χ3v) is 5.09. The minimum absolute atomic E-state index is 0.0217. The number of nitrogens with zero attached hydrogens (tertiary/aromatic N) is 1. The summed E-state index contributed by atoms with van der Waals surface area (Å²) in [5.41, 5.74) is -2.59. The predicted molar refractivity (Wildman–Crippen MR) is 85.8 cm³/mol. The molecule has 0 saturated heterocycles. The maximum atomic E-state index is 13.6. The number of rotatable bonds is 2. The molecular formula is C17H14F8N2O. The van der Waals surface area contributed by atoms with Crippen molar-refractivity contribution in [3.63, 3.8) is 0 Å². The molecule has 0 spiro atoms. The van der Waals surface area contributed by atoms with E-state index in [1.165, 1.54) is 13.8 Å². The van der Waals surface area contributed by atoms with Gasteiger partial charge in [0.25, 0.3) is 0 Å². The van der Waals surface area contributed by atoms with Crippen LogP contribution in [0, 0.1) is 0 Å². The molecule has 1 aliphatic heterocycles. The van der Waals surface area contributed by atoms with Crippen molar-refractivity contribution in [1.29, 1.82) is 0 Å². The van der Waals surface area contributed by atoms with Crippen molar-refractivity contribution in [2.75, 3.05) is 11.4 Å². The van der Waals surface area contributed by atoms with Gasteiger partial charge >= 0.3 is 18.3 Å². The molecule has 1 aromatic heterocycles. The second kappa shape index (κ2) is 6.08. The molecule has 154 valence electrons. The van der Waals surface area contributed by atoms with Gasteiger partial charge < -0.3 is 9.88 Å². The maximum Gasteiger partial charge on any atom is 0.455 e. The van der Waals surface area contributed by atoms with Crippen LogP contribution in [0.25, 0.3) is 10.9 Å². The van der Waals surface area contributed by atoms with Gasteiger partial charge in [-0.25, -0.2) is 0 Å². The van der Waals surface area contributed by atoms with E-state index in [1.54, 1.807) is 0 Å². The number of aromatic nitrogens is 1. The summed E-state index contributed by atoms with van der Waals surface area (Å²) in [7, 11) is 0. The summed E-state index contributed by atoms with van der Waals surface area (Å²) in [6, 6.07) is 1.67. The Balaban J connectivity index is 2.26. The third kappa shape index (κ3) is 3.10. The molecule has 0 amide bonds. The van der Waals surface area contributed by atoms with E-state index in [0.717, 1.165) is 17.0 Å². The number of benzene rings is 1. The van der Waals surface area contributed by atoms with Gasteiger partial charge in [0.05, 0.1) is 12.1 Å². The van der Waals surface area contributed by atoms with Crippen molar-refractivity contribution in [3.05, 3.63) is 39.7 Å². The lowest BCUT2D eigenvalue weighted by Crippen LogP contribution is -2.49. The largest absolute Gasteiger partial charge is 0.455 e. The number of nitrogens with one attached hydrogen (secondary N) is 1. The van der Waals surface area contributed by atoms with Crippen molar-refractivity contribution in [3.8, 4) is 0 Å². The minimum Gasteiger partial charge on any atom is -0.362 e. The van der Waals surface area contributed by atoms with Gasteiger partial charge in [-0.15, -0.1) is 0 Å². The average molecular weight is 414 g/mol. The maximum absolute atomic E-state index is 13.6. The van der Waals surface area contributed by atoms with Crippen molar-refractivity contribution in [2.24, 2.45) is 0 Å². The first kappa shape index (κ1) is 20.4. The Labute approximate surface area is 152 Å². The molecule has 0 radical (unpaired) electrons. The van der Waals surface area contributed by atoms with E-state index < -0.39 is 53.3 Å². The number of pyridine rings is 1. The molecule has 3 nitrogen and oxygen atoms in total. The normalized spacial score (nSPS) is 20.7. The van der Waals surface area contributed by atoms with Gasteiger partial charge in [0, 0.05) is 34.6 Å². The number of hydrogen-bond donors (Lipinski definition) is 1. The zero-order valence-electron chi connectivity index (χ0n) is 14.5. The Morgan fingerprint density at radius 2 is 1.64 bits per heavy atom. The van der Waals surface area contributed by atoms with Crippen LogP contribution in [-0.2, 0) is 6.18 Å². The van der Waals surface area contributed by atoms with Gasteiger partial charge in [0.1, 0.15) is 0 Å². The summed E-state index contributed by atoms with van der Waals surface area (Å²) in [6.07, 6.45) is -10.7. The summed E-state index contributed by atoms with van der Waals surface area (Å²) in [4.78, 5) is 14.6. The molecule has 2 heterocycles. The SMILES string of the molecule is CC1c2c(ccc3[nH]c(=O)cc(C(F)(F)F)c23)N(CC(F)(F)C(F)(F)F)C1C. The highest BCUT2D eigenvalue weighted by Crippen LogP contribution is 2.49. The van der Waals surface area contributed by atoms with Crippen LogP contribution >= 0.6 is 0 Å². The molecule has 1 aliphatic rings. The van der Waals surface area contributed by atoms with Crippen LogP contribution in [0.3, 0.4) is 0 Å². The van der Waals surface area contributed by atoms with E-state index in [0.29, 0.717) is 6.07 Å². The van der Waals surface area contributed by atoms with Gasteiger partial charge in [-0.1, -0.05) is 6.92 Å². The Kier molecular flexibility index (Phi) is 4.43. The molecule has 1 N–H and O–H groups in total. The number of hydrogen-bond acceptors (Lipinski definition) is 2. The number of anilines is 1. The zero-order chi connectivity index (χ0) is 21.2. The predicted octanol–water partition coefficient (Wildman–Crippen LogP) is 5.06. The molecule has 3 rings (SSSR count). The molecule has 2 aromatic rings. The number of H-pyrrole nitrogens is 1. The van der Waals surface area contributed by atoms with Crippen LogP contribution in [0.1, 0.15) is 30.9 Å². The molecular weight excluding hydrogens is 400 g/mol. The summed E-state index contributed by atoms with van der Waals surface area (Å²) >= 11 is 0. The Bertz CT molecular complexity index is 976. The molecule has 2 atom stereocenters. The highest BCUT2D eigenvalue weighted by molar-refractivity contribution is 5.93. The molecule has 2 unspecified atom stereocenters. The second-order valence-corrected chi connectivity index (χ2v) is 6.83.